The summed E-state index contributed by atoms with van der Waals surface area (Å²) in [4.78, 5) is 34.5. The van der Waals surface area contributed by atoms with Crippen LogP contribution < -0.4 is 21.9 Å². The van der Waals surface area contributed by atoms with E-state index >= 15 is 0 Å². The molecule has 2 atom stereocenters. The van der Waals surface area contributed by atoms with Crippen LogP contribution in [0, 0.1) is 13.8 Å². The average molecular weight is 461 g/mol. The van der Waals surface area contributed by atoms with Crippen molar-refractivity contribution in [1.82, 2.24) is 19.9 Å². The number of amides is 1. The summed E-state index contributed by atoms with van der Waals surface area (Å²) in [7, 11) is 0. The summed E-state index contributed by atoms with van der Waals surface area (Å²) in [5.41, 5.74) is 8.98. The largest absolute Gasteiger partial charge is 0.384 e. The van der Waals surface area contributed by atoms with Crippen LogP contribution in [0.1, 0.15) is 54.1 Å². The van der Waals surface area contributed by atoms with Crippen LogP contribution in [-0.4, -0.2) is 26.5 Å². The molecular weight excluding hydrogens is 428 g/mol. The molecule has 1 aliphatic rings. The van der Waals surface area contributed by atoms with Crippen molar-refractivity contribution in [2.75, 3.05) is 11.1 Å². The predicted octanol–water partition coefficient (Wildman–Crippen LogP) is 3.29. The number of carbonyl (C=O) groups excluding carboxylic acids is 1. The highest BCUT2D eigenvalue weighted by atomic mass is 16.2. The van der Waals surface area contributed by atoms with E-state index in [1.54, 1.807) is 19.2 Å². The van der Waals surface area contributed by atoms with Crippen LogP contribution in [-0.2, 0) is 17.9 Å². The number of benzene rings is 1. The molecule has 34 heavy (non-hydrogen) atoms. The summed E-state index contributed by atoms with van der Waals surface area (Å²) in [6.45, 7) is 3.88. The molecule has 0 spiro atoms. The lowest BCUT2D eigenvalue weighted by molar-refractivity contribution is -0.121. The zero-order valence-corrected chi connectivity index (χ0v) is 19.8. The van der Waals surface area contributed by atoms with E-state index in [0.717, 1.165) is 30.5 Å². The van der Waals surface area contributed by atoms with E-state index in [-0.39, 0.29) is 24.1 Å². The van der Waals surface area contributed by atoms with Gasteiger partial charge in [0.25, 0.3) is 5.56 Å². The van der Waals surface area contributed by atoms with Crippen molar-refractivity contribution in [2.45, 2.75) is 64.6 Å². The summed E-state index contributed by atoms with van der Waals surface area (Å²) < 4.78 is 1.47. The van der Waals surface area contributed by atoms with E-state index in [4.69, 9.17) is 5.73 Å². The van der Waals surface area contributed by atoms with E-state index in [0.29, 0.717) is 29.8 Å². The van der Waals surface area contributed by atoms with Crippen molar-refractivity contribution in [3.63, 3.8) is 0 Å². The van der Waals surface area contributed by atoms with Gasteiger partial charge in [-0.15, -0.1) is 0 Å². The van der Waals surface area contributed by atoms with E-state index in [1.807, 2.05) is 19.1 Å². The molecule has 178 valence electrons. The maximum Gasteiger partial charge on any atom is 0.293 e. The van der Waals surface area contributed by atoms with E-state index in [1.165, 1.54) is 16.6 Å². The maximum absolute atomic E-state index is 13.2. The Morgan fingerprint density at radius 2 is 1.88 bits per heavy atom. The van der Waals surface area contributed by atoms with Crippen molar-refractivity contribution < 1.29 is 4.79 Å². The van der Waals surface area contributed by atoms with Crippen molar-refractivity contribution >= 4 is 17.5 Å². The first-order valence-electron chi connectivity index (χ1n) is 11.8. The van der Waals surface area contributed by atoms with Gasteiger partial charge in [0.2, 0.25) is 5.91 Å². The van der Waals surface area contributed by atoms with Gasteiger partial charge in [-0.1, -0.05) is 49.2 Å². The normalized spacial score (nSPS) is 17.8. The van der Waals surface area contributed by atoms with Crippen molar-refractivity contribution in [3.05, 3.63) is 81.5 Å². The number of aryl methyl sites for hydroxylation is 2. The lowest BCUT2D eigenvalue weighted by atomic mass is 9.80. The van der Waals surface area contributed by atoms with Gasteiger partial charge in [-0.2, -0.15) is 0 Å². The Kier molecular flexibility index (Phi) is 7.25. The Labute approximate surface area is 199 Å². The van der Waals surface area contributed by atoms with Gasteiger partial charge in [-0.25, -0.2) is 9.97 Å². The van der Waals surface area contributed by atoms with Gasteiger partial charge in [-0.05, 0) is 43.9 Å². The molecule has 1 saturated carbocycles. The van der Waals surface area contributed by atoms with Gasteiger partial charge in [0, 0.05) is 36.1 Å². The summed E-state index contributed by atoms with van der Waals surface area (Å²) in [6.07, 6.45) is 5.98. The lowest BCUT2D eigenvalue weighted by Crippen LogP contribution is -2.37. The van der Waals surface area contributed by atoms with Crippen LogP contribution >= 0.6 is 0 Å². The molecular formula is C26H32N6O2. The Balaban J connectivity index is 1.47. The number of hydrogen-bond donors (Lipinski definition) is 3. The van der Waals surface area contributed by atoms with Gasteiger partial charge in [0.1, 0.15) is 12.4 Å². The topological polar surface area (TPSA) is 115 Å². The molecule has 1 aromatic carbocycles. The monoisotopic (exact) mass is 460 g/mol. The van der Waals surface area contributed by atoms with Crippen LogP contribution in [0.25, 0.3) is 0 Å². The molecule has 1 amide bonds. The number of nitrogen functional groups attached to an aromatic ring is 1. The van der Waals surface area contributed by atoms with Crippen molar-refractivity contribution in [3.8, 4) is 0 Å². The number of carbonyl (C=O) groups is 1. The van der Waals surface area contributed by atoms with E-state index in [2.05, 4.69) is 44.9 Å². The third-order valence-electron chi connectivity index (χ3n) is 6.56. The number of pyridine rings is 1. The third kappa shape index (κ3) is 5.44. The van der Waals surface area contributed by atoms with Crippen molar-refractivity contribution in [2.24, 2.45) is 0 Å². The number of aromatic nitrogens is 3. The molecule has 8 nitrogen and oxygen atoms in total. The second kappa shape index (κ2) is 10.5. The minimum absolute atomic E-state index is 0.0733. The first kappa shape index (κ1) is 23.5. The minimum atomic E-state index is -0.280. The highest BCUT2D eigenvalue weighted by Gasteiger charge is 2.27. The van der Waals surface area contributed by atoms with Crippen LogP contribution in [0.3, 0.4) is 0 Å². The zero-order chi connectivity index (χ0) is 24.1. The van der Waals surface area contributed by atoms with Crippen LogP contribution in [0.5, 0.6) is 0 Å². The molecule has 1 fully saturated rings. The highest BCUT2D eigenvalue weighted by Crippen LogP contribution is 2.34. The summed E-state index contributed by atoms with van der Waals surface area (Å²) in [6, 6.07) is 14.1. The fourth-order valence-corrected chi connectivity index (χ4v) is 4.63. The fourth-order valence-electron chi connectivity index (χ4n) is 4.63. The summed E-state index contributed by atoms with van der Waals surface area (Å²) in [5, 5.41) is 6.28. The predicted molar refractivity (Wildman–Crippen MR) is 134 cm³/mol. The summed E-state index contributed by atoms with van der Waals surface area (Å²) >= 11 is 0. The second-order valence-corrected chi connectivity index (χ2v) is 8.95. The zero-order valence-electron chi connectivity index (χ0n) is 19.8. The first-order valence-corrected chi connectivity index (χ1v) is 11.8. The van der Waals surface area contributed by atoms with Gasteiger partial charge < -0.3 is 16.4 Å². The molecule has 2 unspecified atom stereocenters. The molecule has 0 saturated heterocycles. The smallest absolute Gasteiger partial charge is 0.293 e. The van der Waals surface area contributed by atoms with Crippen molar-refractivity contribution in [1.29, 1.82) is 0 Å². The number of anilines is 2. The number of hydrogen-bond acceptors (Lipinski definition) is 6. The molecule has 3 aromatic rings. The quantitative estimate of drug-likeness (QED) is 0.498. The van der Waals surface area contributed by atoms with Crippen LogP contribution in [0.4, 0.5) is 11.6 Å². The molecule has 0 radical (unpaired) electrons. The van der Waals surface area contributed by atoms with Crippen LogP contribution in [0.2, 0.25) is 0 Å². The fraction of sp³-hybridized carbons (Fsp3) is 0.385. The molecule has 2 heterocycles. The molecule has 4 rings (SSSR count). The third-order valence-corrected chi connectivity index (χ3v) is 6.56. The minimum Gasteiger partial charge on any atom is -0.384 e. The number of rotatable bonds is 7. The molecule has 1 aliphatic carbocycles. The Hall–Kier alpha value is -3.68. The average Bonchev–Trinajstić information content (AvgIpc) is 2.84. The Bertz CT molecular complexity index is 1210. The number of nitrogens with one attached hydrogen (secondary N) is 2. The lowest BCUT2D eigenvalue weighted by Gasteiger charge is -2.33. The van der Waals surface area contributed by atoms with Gasteiger partial charge in [0.05, 0.1) is 0 Å². The van der Waals surface area contributed by atoms with E-state index in [9.17, 15) is 9.59 Å². The van der Waals surface area contributed by atoms with Gasteiger partial charge in [0.15, 0.2) is 5.82 Å². The summed E-state index contributed by atoms with van der Waals surface area (Å²) in [5.74, 6) is 0.813. The Morgan fingerprint density at radius 3 is 2.65 bits per heavy atom. The standard InChI is InChI=1S/C26H32N6O2/c1-17-14-29-25(31-22-11-7-6-10-21(22)19-8-4-3-5-9-19)26(34)32(17)16-24(33)28-15-20-12-13-23(27)30-18(20)2/h3-5,8-9,12-14,21-22H,6-7,10-11,15-16H2,1-2H3,(H2,27,30)(H,28,33)(H,29,31). The van der Waals surface area contributed by atoms with Crippen LogP contribution in [0.15, 0.2) is 53.5 Å². The molecule has 0 bridgehead atoms. The first-order chi connectivity index (χ1) is 16.4. The molecule has 0 aliphatic heterocycles. The van der Waals surface area contributed by atoms with E-state index < -0.39 is 0 Å². The molecule has 4 N–H and O–H groups in total. The molecule has 2 aromatic heterocycles. The Morgan fingerprint density at radius 1 is 1.12 bits per heavy atom. The highest BCUT2D eigenvalue weighted by molar-refractivity contribution is 5.75. The van der Waals surface area contributed by atoms with Gasteiger partial charge in [-0.3, -0.25) is 14.2 Å². The second-order valence-electron chi connectivity index (χ2n) is 8.95. The SMILES string of the molecule is Cc1nc(N)ccc1CNC(=O)Cn1c(C)cnc(NC2CCCCC2c2ccccc2)c1=O. The maximum atomic E-state index is 13.2. The number of nitrogens with zero attached hydrogens (tertiary/aromatic N) is 3. The molecule has 8 heteroatoms. The number of nitrogens with two attached hydrogens (primary N) is 1. The van der Waals surface area contributed by atoms with Gasteiger partial charge >= 0.3 is 0 Å².